The number of morpholine rings is 1. The molecule has 3 aromatic heterocycles. The molecule has 1 fully saturated rings. The van der Waals surface area contributed by atoms with Gasteiger partial charge in [0.1, 0.15) is 5.76 Å². The van der Waals surface area contributed by atoms with Gasteiger partial charge in [0.2, 0.25) is 5.95 Å². The van der Waals surface area contributed by atoms with E-state index in [0.717, 1.165) is 73.5 Å². The number of aryl methyl sites for hydroxylation is 3. The SMILES string of the molecule is CCc1cnc(CCNC(=O)Nc2nc(C)c(-c3cc(C)nc(NCCN4CCOCC4)n3)s2)o1. The number of nitrogens with zero attached hydrogens (tertiary/aromatic N) is 5. The third-order valence-electron chi connectivity index (χ3n) is 5.49. The van der Waals surface area contributed by atoms with E-state index in [-0.39, 0.29) is 6.03 Å². The Labute approximate surface area is 208 Å². The summed E-state index contributed by atoms with van der Waals surface area (Å²) in [5, 5.41) is 9.46. The zero-order chi connectivity index (χ0) is 24.6. The number of carbonyl (C=O) groups excluding carboxylic acids is 1. The van der Waals surface area contributed by atoms with Gasteiger partial charge in [-0.15, -0.1) is 0 Å². The van der Waals surface area contributed by atoms with Crippen molar-refractivity contribution in [3.8, 4) is 10.6 Å². The highest BCUT2D eigenvalue weighted by molar-refractivity contribution is 7.19. The van der Waals surface area contributed by atoms with Gasteiger partial charge in [0.05, 0.1) is 35.7 Å². The number of hydrogen-bond acceptors (Lipinski definition) is 10. The van der Waals surface area contributed by atoms with Gasteiger partial charge in [-0.05, 0) is 19.9 Å². The minimum Gasteiger partial charge on any atom is -0.446 e. The fraction of sp³-hybridized carbons (Fsp3) is 0.522. The average Bonchev–Trinajstić information content (AvgIpc) is 3.45. The molecule has 0 unspecified atom stereocenters. The number of urea groups is 1. The van der Waals surface area contributed by atoms with Crippen molar-refractivity contribution in [3.05, 3.63) is 35.3 Å². The molecule has 3 aromatic rings. The minimum absolute atomic E-state index is 0.322. The summed E-state index contributed by atoms with van der Waals surface area (Å²) in [7, 11) is 0. The van der Waals surface area contributed by atoms with Crippen molar-refractivity contribution in [2.45, 2.75) is 33.6 Å². The fourth-order valence-corrected chi connectivity index (χ4v) is 4.58. The number of hydrogen-bond donors (Lipinski definition) is 3. The maximum atomic E-state index is 12.3. The first-order valence-electron chi connectivity index (χ1n) is 11.9. The van der Waals surface area contributed by atoms with E-state index in [1.807, 2.05) is 26.8 Å². The van der Waals surface area contributed by atoms with Crippen LogP contribution in [0.5, 0.6) is 0 Å². The molecule has 35 heavy (non-hydrogen) atoms. The molecule has 0 aromatic carbocycles. The van der Waals surface area contributed by atoms with Gasteiger partial charge in [0, 0.05) is 51.3 Å². The molecule has 1 saturated heterocycles. The van der Waals surface area contributed by atoms with Gasteiger partial charge in [-0.1, -0.05) is 18.3 Å². The first-order chi connectivity index (χ1) is 17.0. The molecule has 3 N–H and O–H groups in total. The summed E-state index contributed by atoms with van der Waals surface area (Å²) >= 11 is 1.39. The Morgan fingerprint density at radius 3 is 2.77 bits per heavy atom. The second-order valence-electron chi connectivity index (χ2n) is 8.24. The molecule has 4 rings (SSSR count). The predicted molar refractivity (Wildman–Crippen MR) is 135 cm³/mol. The summed E-state index contributed by atoms with van der Waals surface area (Å²) in [4.78, 5) is 33.5. The Morgan fingerprint density at radius 1 is 1.17 bits per heavy atom. The Kier molecular flexibility index (Phi) is 8.61. The predicted octanol–water partition coefficient (Wildman–Crippen LogP) is 2.88. The van der Waals surface area contributed by atoms with Gasteiger partial charge in [-0.3, -0.25) is 10.2 Å². The molecule has 12 heteroatoms. The van der Waals surface area contributed by atoms with Gasteiger partial charge in [-0.2, -0.15) is 0 Å². The molecule has 0 spiro atoms. The van der Waals surface area contributed by atoms with Crippen LogP contribution in [0.2, 0.25) is 0 Å². The molecule has 0 radical (unpaired) electrons. The van der Waals surface area contributed by atoms with Crippen LogP contribution < -0.4 is 16.0 Å². The van der Waals surface area contributed by atoms with Crippen LogP contribution in [0.4, 0.5) is 15.9 Å². The largest absolute Gasteiger partial charge is 0.446 e. The van der Waals surface area contributed by atoms with Crippen LogP contribution in [0.25, 0.3) is 10.6 Å². The van der Waals surface area contributed by atoms with Gasteiger partial charge in [0.15, 0.2) is 11.0 Å². The number of ether oxygens (including phenoxy) is 1. The fourth-order valence-electron chi connectivity index (χ4n) is 3.65. The Balaban J connectivity index is 1.31. The molecular formula is C23H32N8O3S. The van der Waals surface area contributed by atoms with Crippen molar-refractivity contribution >= 4 is 28.4 Å². The Morgan fingerprint density at radius 2 is 2.00 bits per heavy atom. The maximum absolute atomic E-state index is 12.3. The van der Waals surface area contributed by atoms with Crippen molar-refractivity contribution in [1.82, 2.24) is 30.2 Å². The second-order valence-corrected chi connectivity index (χ2v) is 9.24. The molecule has 1 aliphatic heterocycles. The van der Waals surface area contributed by atoms with Crippen LogP contribution in [-0.4, -0.2) is 76.8 Å². The molecule has 4 heterocycles. The quantitative estimate of drug-likeness (QED) is 0.385. The highest BCUT2D eigenvalue weighted by Gasteiger charge is 2.15. The van der Waals surface area contributed by atoms with Crippen LogP contribution in [0.1, 0.15) is 30.0 Å². The van der Waals surface area contributed by atoms with Crippen molar-refractivity contribution in [3.63, 3.8) is 0 Å². The van der Waals surface area contributed by atoms with E-state index in [1.165, 1.54) is 11.3 Å². The smallest absolute Gasteiger partial charge is 0.321 e. The van der Waals surface area contributed by atoms with Gasteiger partial charge >= 0.3 is 6.03 Å². The number of thiazole rings is 1. The number of amides is 2. The first-order valence-corrected chi connectivity index (χ1v) is 12.7. The average molecular weight is 501 g/mol. The summed E-state index contributed by atoms with van der Waals surface area (Å²) in [6.07, 6.45) is 3.04. The Bertz CT molecular complexity index is 1130. The van der Waals surface area contributed by atoms with E-state index >= 15 is 0 Å². The maximum Gasteiger partial charge on any atom is 0.321 e. The normalized spacial score (nSPS) is 14.1. The number of carbonyl (C=O) groups is 1. The van der Waals surface area contributed by atoms with Crippen LogP contribution in [0.15, 0.2) is 16.7 Å². The topological polar surface area (TPSA) is 130 Å². The summed E-state index contributed by atoms with van der Waals surface area (Å²) in [6.45, 7) is 11.4. The number of aromatic nitrogens is 4. The number of nitrogens with one attached hydrogen (secondary N) is 3. The molecule has 0 bridgehead atoms. The second kappa shape index (κ2) is 12.0. The van der Waals surface area contributed by atoms with Crippen molar-refractivity contribution in [1.29, 1.82) is 0 Å². The van der Waals surface area contributed by atoms with Crippen LogP contribution in [0.3, 0.4) is 0 Å². The lowest BCUT2D eigenvalue weighted by molar-refractivity contribution is 0.0398. The molecule has 188 valence electrons. The van der Waals surface area contributed by atoms with E-state index in [2.05, 4.69) is 35.8 Å². The first kappa shape index (κ1) is 25.0. The third-order valence-corrected chi connectivity index (χ3v) is 6.59. The summed E-state index contributed by atoms with van der Waals surface area (Å²) in [6, 6.07) is 1.61. The number of rotatable bonds is 10. The molecular weight excluding hydrogens is 468 g/mol. The Hall–Kier alpha value is -3.09. The van der Waals surface area contributed by atoms with Crippen molar-refractivity contribution in [2.24, 2.45) is 0 Å². The van der Waals surface area contributed by atoms with Crippen molar-refractivity contribution in [2.75, 3.05) is 56.6 Å². The van der Waals surface area contributed by atoms with E-state index in [1.54, 1.807) is 6.20 Å². The van der Waals surface area contributed by atoms with Gasteiger partial charge < -0.3 is 19.8 Å². The van der Waals surface area contributed by atoms with E-state index in [4.69, 9.17) is 14.1 Å². The number of anilines is 2. The van der Waals surface area contributed by atoms with Crippen molar-refractivity contribution < 1.29 is 13.9 Å². The van der Waals surface area contributed by atoms with Crippen LogP contribution in [-0.2, 0) is 17.6 Å². The molecule has 2 amide bonds. The third kappa shape index (κ3) is 7.20. The summed E-state index contributed by atoms with van der Waals surface area (Å²) in [5.74, 6) is 2.04. The highest BCUT2D eigenvalue weighted by Crippen LogP contribution is 2.32. The lowest BCUT2D eigenvalue weighted by atomic mass is 10.2. The highest BCUT2D eigenvalue weighted by atomic mass is 32.1. The zero-order valence-electron chi connectivity index (χ0n) is 20.4. The molecule has 1 aliphatic rings. The van der Waals surface area contributed by atoms with Crippen LogP contribution in [0, 0.1) is 13.8 Å². The summed E-state index contributed by atoms with van der Waals surface area (Å²) < 4.78 is 11.0. The lowest BCUT2D eigenvalue weighted by Crippen LogP contribution is -2.39. The van der Waals surface area contributed by atoms with Gasteiger partial charge in [-0.25, -0.2) is 24.7 Å². The minimum atomic E-state index is -0.322. The monoisotopic (exact) mass is 500 g/mol. The zero-order valence-corrected chi connectivity index (χ0v) is 21.2. The van der Waals surface area contributed by atoms with E-state index < -0.39 is 0 Å². The van der Waals surface area contributed by atoms with E-state index in [9.17, 15) is 4.79 Å². The molecule has 0 atom stereocenters. The molecule has 0 saturated carbocycles. The number of oxazole rings is 1. The van der Waals surface area contributed by atoms with Crippen LogP contribution >= 0.6 is 11.3 Å². The molecule has 11 nitrogen and oxygen atoms in total. The van der Waals surface area contributed by atoms with Gasteiger partial charge in [0.25, 0.3) is 0 Å². The lowest BCUT2D eigenvalue weighted by Gasteiger charge is -2.26. The molecule has 0 aliphatic carbocycles. The van der Waals surface area contributed by atoms with E-state index in [0.29, 0.717) is 29.9 Å². The standard InChI is InChI=1S/C23H32N8O3S/c1-4-17-14-26-19(34-17)5-6-25-22(32)30-23-28-16(3)20(35-23)18-13-15(2)27-21(29-18)24-7-8-31-9-11-33-12-10-31/h13-14H,4-12H2,1-3H3,(H,24,27,29)(H2,25,28,30,32). The summed E-state index contributed by atoms with van der Waals surface area (Å²) in [5.41, 5.74) is 2.45.